The summed E-state index contributed by atoms with van der Waals surface area (Å²) in [6.45, 7) is 2.17. The molecule has 0 unspecified atom stereocenters. The number of rotatable bonds is 4. The van der Waals surface area contributed by atoms with Crippen molar-refractivity contribution in [3.63, 3.8) is 0 Å². The van der Waals surface area contributed by atoms with Gasteiger partial charge in [0.2, 0.25) is 0 Å². The van der Waals surface area contributed by atoms with E-state index in [4.69, 9.17) is 17.3 Å². The van der Waals surface area contributed by atoms with E-state index in [1.807, 2.05) is 12.1 Å². The fourth-order valence-electron chi connectivity index (χ4n) is 1.73. The van der Waals surface area contributed by atoms with E-state index in [0.29, 0.717) is 16.7 Å². The highest BCUT2D eigenvalue weighted by Gasteiger charge is 2.02. The highest BCUT2D eigenvalue weighted by Crippen LogP contribution is 2.23. The van der Waals surface area contributed by atoms with Gasteiger partial charge in [-0.3, -0.25) is 0 Å². The lowest BCUT2D eigenvalue weighted by Crippen LogP contribution is -1.99. The summed E-state index contributed by atoms with van der Waals surface area (Å²) >= 11 is 5.84. The molecule has 0 aliphatic carbocycles. The fourth-order valence-corrected chi connectivity index (χ4v) is 1.87. The van der Waals surface area contributed by atoms with Gasteiger partial charge in [0.1, 0.15) is 5.15 Å². The Hall–Kier alpha value is -1.74. The molecule has 2 aromatic rings. The van der Waals surface area contributed by atoms with Crippen LogP contribution in [0.5, 0.6) is 0 Å². The molecule has 0 bridgehead atoms. The third kappa shape index (κ3) is 3.14. The van der Waals surface area contributed by atoms with Crippen molar-refractivity contribution in [3.05, 3.63) is 47.1 Å². The summed E-state index contributed by atoms with van der Waals surface area (Å²) in [4.78, 5) is 4.16. The number of anilines is 3. The molecule has 3 nitrogen and oxygen atoms in total. The van der Waals surface area contributed by atoms with Crippen molar-refractivity contribution >= 4 is 28.8 Å². The van der Waals surface area contributed by atoms with Gasteiger partial charge in [-0.1, -0.05) is 37.1 Å². The Kier molecular flexibility index (Phi) is 4.05. The monoisotopic (exact) mass is 261 g/mol. The Morgan fingerprint density at radius 2 is 1.89 bits per heavy atom. The lowest BCUT2D eigenvalue weighted by Gasteiger charge is -2.09. The minimum absolute atomic E-state index is 0.425. The standard InChI is InChI=1S/C14H16ClN3/c1-2-3-10-4-6-11(7-5-10)17-14-12(16)8-9-13(15)18-14/h4-9H,2-3,16H2,1H3,(H,17,18). The number of hydrogen-bond donors (Lipinski definition) is 2. The first-order valence-electron chi connectivity index (χ1n) is 5.97. The van der Waals surface area contributed by atoms with Crippen LogP contribution in [-0.2, 0) is 6.42 Å². The van der Waals surface area contributed by atoms with Crippen LogP contribution in [0.4, 0.5) is 17.2 Å². The summed E-state index contributed by atoms with van der Waals surface area (Å²) < 4.78 is 0. The van der Waals surface area contributed by atoms with Crippen LogP contribution >= 0.6 is 11.6 Å². The Morgan fingerprint density at radius 1 is 1.17 bits per heavy atom. The molecule has 0 aliphatic rings. The van der Waals surface area contributed by atoms with Gasteiger partial charge in [-0.25, -0.2) is 4.98 Å². The second kappa shape index (κ2) is 5.74. The van der Waals surface area contributed by atoms with Gasteiger partial charge in [0.15, 0.2) is 5.82 Å². The van der Waals surface area contributed by atoms with Crippen LogP contribution in [-0.4, -0.2) is 4.98 Å². The predicted molar refractivity (Wildman–Crippen MR) is 77.4 cm³/mol. The van der Waals surface area contributed by atoms with Crippen molar-refractivity contribution in [3.8, 4) is 0 Å². The van der Waals surface area contributed by atoms with Gasteiger partial charge >= 0.3 is 0 Å². The molecular weight excluding hydrogens is 246 g/mol. The summed E-state index contributed by atoms with van der Waals surface area (Å²) in [6.07, 6.45) is 2.24. The summed E-state index contributed by atoms with van der Waals surface area (Å²) in [6, 6.07) is 11.7. The van der Waals surface area contributed by atoms with Gasteiger partial charge in [0.25, 0.3) is 0 Å². The molecule has 0 spiro atoms. The number of pyridine rings is 1. The van der Waals surface area contributed by atoms with Crippen molar-refractivity contribution in [2.75, 3.05) is 11.1 Å². The topological polar surface area (TPSA) is 50.9 Å². The highest BCUT2D eigenvalue weighted by molar-refractivity contribution is 6.29. The second-order valence-corrected chi connectivity index (χ2v) is 4.53. The van der Waals surface area contributed by atoms with Crippen LogP contribution in [0.15, 0.2) is 36.4 Å². The van der Waals surface area contributed by atoms with Gasteiger partial charge in [-0.05, 0) is 36.2 Å². The number of nitrogen functional groups attached to an aromatic ring is 1. The fraction of sp³-hybridized carbons (Fsp3) is 0.214. The van der Waals surface area contributed by atoms with Crippen LogP contribution in [0.3, 0.4) is 0 Å². The normalized spacial score (nSPS) is 10.3. The molecule has 3 N–H and O–H groups in total. The van der Waals surface area contributed by atoms with E-state index in [1.54, 1.807) is 12.1 Å². The zero-order chi connectivity index (χ0) is 13.0. The molecule has 18 heavy (non-hydrogen) atoms. The predicted octanol–water partition coefficient (Wildman–Crippen LogP) is 4.01. The average Bonchev–Trinajstić information content (AvgIpc) is 2.37. The number of halogens is 1. The number of hydrogen-bond acceptors (Lipinski definition) is 3. The summed E-state index contributed by atoms with van der Waals surface area (Å²) in [7, 11) is 0. The number of benzene rings is 1. The van der Waals surface area contributed by atoms with Crippen LogP contribution < -0.4 is 11.1 Å². The zero-order valence-electron chi connectivity index (χ0n) is 10.3. The first-order valence-corrected chi connectivity index (χ1v) is 6.35. The largest absolute Gasteiger partial charge is 0.396 e. The summed E-state index contributed by atoms with van der Waals surface area (Å²) in [5.41, 5.74) is 8.70. The summed E-state index contributed by atoms with van der Waals surface area (Å²) in [5, 5.41) is 3.59. The first kappa shape index (κ1) is 12.7. The van der Waals surface area contributed by atoms with E-state index in [-0.39, 0.29) is 0 Å². The van der Waals surface area contributed by atoms with E-state index in [2.05, 4.69) is 29.4 Å². The van der Waals surface area contributed by atoms with Crippen molar-refractivity contribution in [2.45, 2.75) is 19.8 Å². The molecule has 4 heteroatoms. The second-order valence-electron chi connectivity index (χ2n) is 4.14. The maximum absolute atomic E-state index is 5.84. The van der Waals surface area contributed by atoms with Gasteiger partial charge in [-0.15, -0.1) is 0 Å². The first-order chi connectivity index (χ1) is 8.69. The van der Waals surface area contributed by atoms with Gasteiger partial charge in [0.05, 0.1) is 5.69 Å². The van der Waals surface area contributed by atoms with Crippen LogP contribution in [0.25, 0.3) is 0 Å². The van der Waals surface area contributed by atoms with Crippen LogP contribution in [0.2, 0.25) is 5.15 Å². The highest BCUT2D eigenvalue weighted by atomic mass is 35.5. The maximum Gasteiger partial charge on any atom is 0.155 e. The lowest BCUT2D eigenvalue weighted by atomic mass is 10.1. The number of nitrogens with one attached hydrogen (secondary N) is 1. The Balaban J connectivity index is 2.15. The van der Waals surface area contributed by atoms with Crippen molar-refractivity contribution in [2.24, 2.45) is 0 Å². The molecule has 2 rings (SSSR count). The van der Waals surface area contributed by atoms with Crippen molar-refractivity contribution < 1.29 is 0 Å². The molecule has 0 radical (unpaired) electrons. The van der Waals surface area contributed by atoms with Crippen molar-refractivity contribution in [1.29, 1.82) is 0 Å². The van der Waals surface area contributed by atoms with E-state index >= 15 is 0 Å². The maximum atomic E-state index is 5.84. The molecule has 0 fully saturated rings. The average molecular weight is 262 g/mol. The SMILES string of the molecule is CCCc1ccc(Nc2nc(Cl)ccc2N)cc1. The molecule has 0 amide bonds. The minimum atomic E-state index is 0.425. The number of aromatic nitrogens is 1. The summed E-state index contributed by atoms with van der Waals surface area (Å²) in [5.74, 6) is 0.589. The minimum Gasteiger partial charge on any atom is -0.396 e. The van der Waals surface area contributed by atoms with Crippen LogP contribution in [0.1, 0.15) is 18.9 Å². The number of nitrogens with zero attached hydrogens (tertiary/aromatic N) is 1. The Labute approximate surface area is 112 Å². The molecule has 1 aromatic carbocycles. The van der Waals surface area contributed by atoms with Crippen molar-refractivity contribution in [1.82, 2.24) is 4.98 Å². The molecule has 0 saturated heterocycles. The van der Waals surface area contributed by atoms with Crippen LogP contribution in [0, 0.1) is 0 Å². The Bertz CT molecular complexity index is 523. The smallest absolute Gasteiger partial charge is 0.155 e. The van der Waals surface area contributed by atoms with E-state index in [0.717, 1.165) is 18.5 Å². The molecule has 0 aliphatic heterocycles. The third-order valence-electron chi connectivity index (χ3n) is 2.65. The lowest BCUT2D eigenvalue weighted by molar-refractivity contribution is 0.922. The zero-order valence-corrected chi connectivity index (χ0v) is 11.0. The molecule has 94 valence electrons. The van der Waals surface area contributed by atoms with Gasteiger partial charge < -0.3 is 11.1 Å². The molecule has 0 saturated carbocycles. The van der Waals surface area contributed by atoms with Gasteiger partial charge in [0, 0.05) is 5.69 Å². The molecule has 1 aromatic heterocycles. The van der Waals surface area contributed by atoms with E-state index in [1.165, 1.54) is 5.56 Å². The third-order valence-corrected chi connectivity index (χ3v) is 2.86. The number of nitrogens with two attached hydrogens (primary N) is 1. The molecular formula is C14H16ClN3. The quantitative estimate of drug-likeness (QED) is 0.818. The Morgan fingerprint density at radius 3 is 2.56 bits per heavy atom. The molecule has 0 atom stereocenters. The van der Waals surface area contributed by atoms with E-state index in [9.17, 15) is 0 Å². The van der Waals surface area contributed by atoms with E-state index < -0.39 is 0 Å². The van der Waals surface area contributed by atoms with Gasteiger partial charge in [-0.2, -0.15) is 0 Å². The number of aryl methyl sites for hydroxylation is 1. The molecule has 1 heterocycles.